The van der Waals surface area contributed by atoms with Crippen LogP contribution in [0.2, 0.25) is 0 Å². The van der Waals surface area contributed by atoms with Crippen molar-refractivity contribution in [2.45, 2.75) is 32.4 Å². The minimum Gasteiger partial charge on any atom is -0.356 e. The monoisotopic (exact) mass is 232 g/mol. The van der Waals surface area contributed by atoms with Gasteiger partial charge in [-0.2, -0.15) is 5.10 Å². The molecular formula is C12H16N4O. The lowest BCUT2D eigenvalue weighted by Crippen LogP contribution is -2.15. The number of hydrogen-bond acceptors (Lipinski definition) is 4. The smallest absolute Gasteiger partial charge is 0.170 e. The zero-order valence-corrected chi connectivity index (χ0v) is 10.1. The maximum atomic E-state index is 5.35. The van der Waals surface area contributed by atoms with Crippen LogP contribution in [0.25, 0.3) is 11.3 Å². The van der Waals surface area contributed by atoms with Gasteiger partial charge in [0.25, 0.3) is 0 Å². The van der Waals surface area contributed by atoms with Gasteiger partial charge in [-0.1, -0.05) is 5.16 Å². The molecule has 17 heavy (non-hydrogen) atoms. The maximum absolute atomic E-state index is 5.35. The first kappa shape index (κ1) is 10.5. The zero-order chi connectivity index (χ0) is 11.8. The van der Waals surface area contributed by atoms with Crippen LogP contribution in [0.4, 0.5) is 0 Å². The number of aromatic nitrogens is 3. The van der Waals surface area contributed by atoms with Gasteiger partial charge in [0.15, 0.2) is 5.76 Å². The van der Waals surface area contributed by atoms with Crippen molar-refractivity contribution in [2.24, 2.45) is 7.05 Å². The van der Waals surface area contributed by atoms with Gasteiger partial charge in [0, 0.05) is 31.9 Å². The fourth-order valence-electron chi connectivity index (χ4n) is 1.90. The maximum Gasteiger partial charge on any atom is 0.170 e. The molecule has 1 fully saturated rings. The van der Waals surface area contributed by atoms with Gasteiger partial charge in [-0.3, -0.25) is 4.68 Å². The molecule has 1 N–H and O–H groups in total. The lowest BCUT2D eigenvalue weighted by molar-refractivity contribution is 0.419. The van der Waals surface area contributed by atoms with Crippen molar-refractivity contribution < 1.29 is 4.52 Å². The molecule has 90 valence electrons. The Labute approximate surface area is 99.8 Å². The first-order valence-corrected chi connectivity index (χ1v) is 5.92. The standard InChI is InChI=1S/C12H16N4O/c1-8-11(7-16(2)14-8)12-5-10(15-17-12)6-13-9-3-4-9/h5,7,9,13H,3-4,6H2,1-2H3. The Morgan fingerprint density at radius 1 is 1.53 bits per heavy atom. The highest BCUT2D eigenvalue weighted by molar-refractivity contribution is 5.59. The van der Waals surface area contributed by atoms with Crippen LogP contribution in [0.5, 0.6) is 0 Å². The summed E-state index contributed by atoms with van der Waals surface area (Å²) >= 11 is 0. The molecule has 1 aliphatic carbocycles. The quantitative estimate of drug-likeness (QED) is 0.870. The van der Waals surface area contributed by atoms with Gasteiger partial charge in [0.2, 0.25) is 0 Å². The predicted molar refractivity (Wildman–Crippen MR) is 63.3 cm³/mol. The fraction of sp³-hybridized carbons (Fsp3) is 0.500. The highest BCUT2D eigenvalue weighted by Gasteiger charge is 2.21. The van der Waals surface area contributed by atoms with E-state index in [2.05, 4.69) is 15.6 Å². The summed E-state index contributed by atoms with van der Waals surface area (Å²) in [6, 6.07) is 2.68. The lowest BCUT2D eigenvalue weighted by Gasteiger charge is -1.95. The van der Waals surface area contributed by atoms with Gasteiger partial charge >= 0.3 is 0 Å². The molecule has 0 aliphatic heterocycles. The second kappa shape index (κ2) is 4.00. The molecule has 0 atom stereocenters. The van der Waals surface area contributed by atoms with E-state index >= 15 is 0 Å². The van der Waals surface area contributed by atoms with E-state index in [4.69, 9.17) is 4.52 Å². The molecule has 0 aromatic carbocycles. The SMILES string of the molecule is Cc1nn(C)cc1-c1cc(CNC2CC2)no1. The predicted octanol–water partition coefficient (Wildman–Crippen LogP) is 1.64. The topological polar surface area (TPSA) is 55.9 Å². The molecule has 0 radical (unpaired) electrons. The molecule has 0 amide bonds. The molecule has 2 heterocycles. The van der Waals surface area contributed by atoms with Crippen LogP contribution < -0.4 is 5.32 Å². The minimum absolute atomic E-state index is 0.690. The largest absolute Gasteiger partial charge is 0.356 e. The van der Waals surface area contributed by atoms with Gasteiger partial charge in [-0.25, -0.2) is 0 Å². The Hall–Kier alpha value is -1.62. The Kier molecular flexibility index (Phi) is 2.48. The van der Waals surface area contributed by atoms with Crippen LogP contribution >= 0.6 is 0 Å². The van der Waals surface area contributed by atoms with Crippen LogP contribution in [0.3, 0.4) is 0 Å². The average molecular weight is 232 g/mol. The molecule has 5 heteroatoms. The Bertz CT molecular complexity index is 524. The van der Waals surface area contributed by atoms with Crippen LogP contribution in [0.15, 0.2) is 16.8 Å². The van der Waals surface area contributed by atoms with Crippen molar-refractivity contribution in [3.63, 3.8) is 0 Å². The number of nitrogens with zero attached hydrogens (tertiary/aromatic N) is 3. The second-order valence-corrected chi connectivity index (χ2v) is 4.64. The molecule has 2 aromatic rings. The van der Waals surface area contributed by atoms with Gasteiger partial charge in [0.05, 0.1) is 17.0 Å². The average Bonchev–Trinajstić information content (AvgIpc) is 2.90. The van der Waals surface area contributed by atoms with Gasteiger partial charge in [0.1, 0.15) is 0 Å². The fourth-order valence-corrected chi connectivity index (χ4v) is 1.90. The molecule has 0 spiro atoms. The van der Waals surface area contributed by atoms with E-state index in [0.29, 0.717) is 6.04 Å². The van der Waals surface area contributed by atoms with Crippen LogP contribution in [-0.4, -0.2) is 21.0 Å². The third-order valence-corrected chi connectivity index (χ3v) is 2.99. The van der Waals surface area contributed by atoms with Crippen molar-refractivity contribution in [3.05, 3.63) is 23.7 Å². The van der Waals surface area contributed by atoms with Crippen LogP contribution in [0, 0.1) is 6.92 Å². The summed E-state index contributed by atoms with van der Waals surface area (Å²) in [4.78, 5) is 0. The molecule has 0 saturated heterocycles. The molecule has 5 nitrogen and oxygen atoms in total. The number of hydrogen-bond donors (Lipinski definition) is 1. The molecule has 0 bridgehead atoms. The number of nitrogens with one attached hydrogen (secondary N) is 1. The number of rotatable bonds is 4. The van der Waals surface area contributed by atoms with Crippen molar-refractivity contribution in [1.29, 1.82) is 0 Å². The summed E-state index contributed by atoms with van der Waals surface area (Å²) in [6.45, 7) is 2.76. The Balaban J connectivity index is 1.76. The van der Waals surface area contributed by atoms with E-state index in [1.807, 2.05) is 26.2 Å². The molecule has 1 saturated carbocycles. The van der Waals surface area contributed by atoms with Gasteiger partial charge in [-0.05, 0) is 19.8 Å². The molecule has 2 aromatic heterocycles. The van der Waals surface area contributed by atoms with Gasteiger partial charge in [-0.15, -0.1) is 0 Å². The summed E-state index contributed by atoms with van der Waals surface area (Å²) in [5, 5.41) is 11.8. The zero-order valence-electron chi connectivity index (χ0n) is 10.1. The first-order valence-electron chi connectivity index (χ1n) is 5.92. The van der Waals surface area contributed by atoms with E-state index < -0.39 is 0 Å². The normalized spacial score (nSPS) is 15.4. The van der Waals surface area contributed by atoms with Crippen molar-refractivity contribution in [2.75, 3.05) is 0 Å². The molecule has 1 aliphatic rings. The highest BCUT2D eigenvalue weighted by Crippen LogP contribution is 2.24. The third-order valence-electron chi connectivity index (χ3n) is 2.99. The summed E-state index contributed by atoms with van der Waals surface area (Å²) in [7, 11) is 1.91. The van der Waals surface area contributed by atoms with Crippen molar-refractivity contribution in [3.8, 4) is 11.3 Å². The van der Waals surface area contributed by atoms with E-state index in [1.165, 1.54) is 12.8 Å². The number of aryl methyl sites for hydroxylation is 2. The Morgan fingerprint density at radius 2 is 2.35 bits per heavy atom. The summed E-state index contributed by atoms with van der Waals surface area (Å²) in [5.41, 5.74) is 2.93. The van der Waals surface area contributed by atoms with Crippen LogP contribution in [0.1, 0.15) is 24.2 Å². The lowest BCUT2D eigenvalue weighted by atomic mass is 10.2. The van der Waals surface area contributed by atoms with Gasteiger partial charge < -0.3 is 9.84 Å². The second-order valence-electron chi connectivity index (χ2n) is 4.64. The summed E-state index contributed by atoms with van der Waals surface area (Å²) in [6.07, 6.45) is 4.52. The summed E-state index contributed by atoms with van der Waals surface area (Å²) in [5.74, 6) is 0.795. The molecular weight excluding hydrogens is 216 g/mol. The minimum atomic E-state index is 0.690. The van der Waals surface area contributed by atoms with Crippen molar-refractivity contribution >= 4 is 0 Å². The first-order chi connectivity index (χ1) is 8.22. The van der Waals surface area contributed by atoms with Crippen LogP contribution in [-0.2, 0) is 13.6 Å². The van der Waals surface area contributed by atoms with E-state index in [-0.39, 0.29) is 0 Å². The van der Waals surface area contributed by atoms with E-state index in [1.54, 1.807) is 4.68 Å². The van der Waals surface area contributed by atoms with E-state index in [9.17, 15) is 0 Å². The highest BCUT2D eigenvalue weighted by atomic mass is 16.5. The molecule has 3 rings (SSSR count). The third kappa shape index (κ3) is 2.24. The summed E-state index contributed by atoms with van der Waals surface area (Å²) < 4.78 is 7.14. The molecule has 0 unspecified atom stereocenters. The Morgan fingerprint density at radius 3 is 3.00 bits per heavy atom. The van der Waals surface area contributed by atoms with E-state index in [0.717, 1.165) is 29.3 Å². The van der Waals surface area contributed by atoms with Crippen molar-refractivity contribution in [1.82, 2.24) is 20.3 Å².